The second kappa shape index (κ2) is 9.92. The standard InChI is InChI=1S/C24H26ClN5O4/c1-32-23-16(25)3-2-4-18(23)30-22-20-17(6-8-28-24(20)31)29-21(22)15-5-7-26-11-19(15)34-13-14-12-33-10-9-27-14/h2-5,7,11,14,27,29-30H,6,8-10,12-13H2,1H3,(H,28,31)/t14-/m1/s1. The molecule has 1 fully saturated rings. The molecule has 9 nitrogen and oxygen atoms in total. The van der Waals surface area contributed by atoms with E-state index in [-0.39, 0.29) is 11.9 Å². The molecule has 2 aromatic heterocycles. The number of benzene rings is 1. The summed E-state index contributed by atoms with van der Waals surface area (Å²) in [6, 6.07) is 7.40. The third-order valence-electron chi connectivity index (χ3n) is 5.89. The van der Waals surface area contributed by atoms with Crippen molar-refractivity contribution in [2.24, 2.45) is 0 Å². The van der Waals surface area contributed by atoms with Crippen molar-refractivity contribution in [2.75, 3.05) is 45.3 Å². The maximum Gasteiger partial charge on any atom is 0.255 e. The van der Waals surface area contributed by atoms with Crippen LogP contribution in [0.25, 0.3) is 11.3 Å². The van der Waals surface area contributed by atoms with Crippen molar-refractivity contribution >= 4 is 28.9 Å². The van der Waals surface area contributed by atoms with Gasteiger partial charge in [-0.05, 0) is 18.2 Å². The van der Waals surface area contributed by atoms with E-state index in [4.69, 9.17) is 25.8 Å². The van der Waals surface area contributed by atoms with Crippen LogP contribution in [0.15, 0.2) is 36.7 Å². The van der Waals surface area contributed by atoms with Gasteiger partial charge < -0.3 is 35.1 Å². The SMILES string of the molecule is COc1c(Cl)cccc1Nc1c(-c2ccncc2OC[C@H]2COCCN2)[nH]c2c1C(=O)NCC2. The van der Waals surface area contributed by atoms with E-state index in [9.17, 15) is 4.79 Å². The van der Waals surface area contributed by atoms with Crippen molar-refractivity contribution in [3.05, 3.63) is 52.9 Å². The quantitative estimate of drug-likeness (QED) is 0.408. The zero-order valence-corrected chi connectivity index (χ0v) is 19.5. The number of fused-ring (bicyclic) bond motifs is 1. The van der Waals surface area contributed by atoms with Gasteiger partial charge in [0.2, 0.25) is 0 Å². The summed E-state index contributed by atoms with van der Waals surface area (Å²) in [4.78, 5) is 20.6. The molecule has 0 unspecified atom stereocenters. The highest BCUT2D eigenvalue weighted by Gasteiger charge is 2.29. The Labute approximate surface area is 202 Å². The first-order valence-electron chi connectivity index (χ1n) is 11.2. The predicted molar refractivity (Wildman–Crippen MR) is 129 cm³/mol. The number of anilines is 2. The van der Waals surface area contributed by atoms with Gasteiger partial charge in [0.1, 0.15) is 12.4 Å². The van der Waals surface area contributed by atoms with Crippen LogP contribution in [0.4, 0.5) is 11.4 Å². The summed E-state index contributed by atoms with van der Waals surface area (Å²) in [6.07, 6.45) is 4.07. The number of aromatic nitrogens is 2. The number of para-hydroxylation sites is 1. The number of aromatic amines is 1. The summed E-state index contributed by atoms with van der Waals surface area (Å²) >= 11 is 6.34. The van der Waals surface area contributed by atoms with Crippen molar-refractivity contribution in [1.82, 2.24) is 20.6 Å². The Morgan fingerprint density at radius 3 is 3.03 bits per heavy atom. The van der Waals surface area contributed by atoms with E-state index in [0.29, 0.717) is 66.2 Å². The highest BCUT2D eigenvalue weighted by molar-refractivity contribution is 6.32. The average Bonchev–Trinajstić information content (AvgIpc) is 3.23. The molecule has 5 rings (SSSR count). The lowest BCUT2D eigenvalue weighted by Gasteiger charge is -2.24. The molecule has 1 aromatic carbocycles. The van der Waals surface area contributed by atoms with Gasteiger partial charge in [-0.2, -0.15) is 0 Å². The number of carbonyl (C=O) groups excluding carboxylic acids is 1. The van der Waals surface area contributed by atoms with E-state index in [2.05, 4.69) is 25.9 Å². The Kier molecular flexibility index (Phi) is 6.57. The normalized spacial score (nSPS) is 17.6. The van der Waals surface area contributed by atoms with E-state index < -0.39 is 0 Å². The van der Waals surface area contributed by atoms with E-state index in [1.807, 2.05) is 18.2 Å². The first-order valence-corrected chi connectivity index (χ1v) is 11.5. The molecule has 0 saturated carbocycles. The molecule has 10 heteroatoms. The highest BCUT2D eigenvalue weighted by Crippen LogP contribution is 2.42. The molecule has 4 heterocycles. The summed E-state index contributed by atoms with van der Waals surface area (Å²) in [5.41, 5.74) is 4.21. The number of methoxy groups -OCH3 is 1. The summed E-state index contributed by atoms with van der Waals surface area (Å²) in [6.45, 7) is 3.09. The lowest BCUT2D eigenvalue weighted by molar-refractivity contribution is 0.0593. The third-order valence-corrected chi connectivity index (χ3v) is 6.19. The molecule has 1 amide bonds. The minimum atomic E-state index is -0.146. The number of amides is 1. The summed E-state index contributed by atoms with van der Waals surface area (Å²) in [5.74, 6) is 0.957. The second-order valence-corrected chi connectivity index (χ2v) is 8.50. The first kappa shape index (κ1) is 22.5. The molecule has 0 aliphatic carbocycles. The number of rotatable bonds is 7. The molecule has 178 valence electrons. The van der Waals surface area contributed by atoms with Crippen LogP contribution in [0.3, 0.4) is 0 Å². The van der Waals surface area contributed by atoms with Crippen LogP contribution in [0.2, 0.25) is 5.02 Å². The van der Waals surface area contributed by atoms with Crippen LogP contribution in [-0.4, -0.2) is 61.9 Å². The molecule has 1 saturated heterocycles. The zero-order valence-electron chi connectivity index (χ0n) is 18.7. The highest BCUT2D eigenvalue weighted by atomic mass is 35.5. The summed E-state index contributed by atoms with van der Waals surface area (Å²) in [7, 11) is 1.56. The summed E-state index contributed by atoms with van der Waals surface area (Å²) < 4.78 is 17.2. The van der Waals surface area contributed by atoms with Gasteiger partial charge in [0.25, 0.3) is 5.91 Å². The fourth-order valence-corrected chi connectivity index (χ4v) is 4.53. The third kappa shape index (κ3) is 4.42. The zero-order chi connectivity index (χ0) is 23.5. The molecular formula is C24H26ClN5O4. The molecule has 1 atom stereocenters. The largest absolute Gasteiger partial charge is 0.493 e. The minimum absolute atomic E-state index is 0.0951. The monoisotopic (exact) mass is 483 g/mol. The number of hydrogen-bond donors (Lipinski definition) is 4. The number of morpholine rings is 1. The number of hydrogen-bond acceptors (Lipinski definition) is 7. The molecular weight excluding hydrogens is 458 g/mol. The topological polar surface area (TPSA) is 110 Å². The van der Waals surface area contributed by atoms with Crippen LogP contribution in [-0.2, 0) is 11.2 Å². The van der Waals surface area contributed by atoms with E-state index in [1.54, 1.807) is 25.6 Å². The summed E-state index contributed by atoms with van der Waals surface area (Å²) in [5, 5.41) is 10.2. The van der Waals surface area contributed by atoms with Crippen LogP contribution in [0.5, 0.6) is 11.5 Å². The van der Waals surface area contributed by atoms with Crippen LogP contribution in [0, 0.1) is 0 Å². The number of nitrogens with one attached hydrogen (secondary N) is 4. The molecule has 3 aromatic rings. The van der Waals surface area contributed by atoms with Gasteiger partial charge in [-0.25, -0.2) is 0 Å². The Balaban J connectivity index is 1.55. The molecule has 34 heavy (non-hydrogen) atoms. The Morgan fingerprint density at radius 1 is 1.29 bits per heavy atom. The van der Waals surface area contributed by atoms with Gasteiger partial charge in [0, 0.05) is 37.0 Å². The van der Waals surface area contributed by atoms with Crippen molar-refractivity contribution in [1.29, 1.82) is 0 Å². The lowest BCUT2D eigenvalue weighted by Crippen LogP contribution is -2.44. The van der Waals surface area contributed by atoms with E-state index >= 15 is 0 Å². The smallest absolute Gasteiger partial charge is 0.255 e. The fourth-order valence-electron chi connectivity index (χ4n) is 4.27. The molecule has 2 aliphatic rings. The van der Waals surface area contributed by atoms with Crippen molar-refractivity contribution in [3.63, 3.8) is 0 Å². The molecule has 2 aliphatic heterocycles. The van der Waals surface area contributed by atoms with Crippen molar-refractivity contribution in [2.45, 2.75) is 12.5 Å². The number of pyridine rings is 1. The van der Waals surface area contributed by atoms with Crippen LogP contribution < -0.4 is 25.4 Å². The van der Waals surface area contributed by atoms with Gasteiger partial charge in [0.15, 0.2) is 5.75 Å². The lowest BCUT2D eigenvalue weighted by atomic mass is 10.0. The van der Waals surface area contributed by atoms with Crippen LogP contribution in [0.1, 0.15) is 16.1 Å². The molecule has 0 bridgehead atoms. The Morgan fingerprint density at radius 2 is 2.21 bits per heavy atom. The van der Waals surface area contributed by atoms with Gasteiger partial charge in [-0.3, -0.25) is 9.78 Å². The first-order chi connectivity index (χ1) is 16.7. The van der Waals surface area contributed by atoms with Gasteiger partial charge in [-0.1, -0.05) is 17.7 Å². The number of ether oxygens (including phenoxy) is 3. The Bertz CT molecular complexity index is 1190. The maximum absolute atomic E-state index is 12.9. The predicted octanol–water partition coefficient (Wildman–Crippen LogP) is 3.14. The number of halogens is 1. The second-order valence-electron chi connectivity index (χ2n) is 8.09. The molecule has 4 N–H and O–H groups in total. The number of carbonyl (C=O) groups is 1. The minimum Gasteiger partial charge on any atom is -0.493 e. The molecule has 0 radical (unpaired) electrons. The Hall–Kier alpha value is -3.27. The maximum atomic E-state index is 12.9. The fraction of sp³-hybridized carbons (Fsp3) is 0.333. The van der Waals surface area contributed by atoms with Gasteiger partial charge >= 0.3 is 0 Å². The average molecular weight is 484 g/mol. The van der Waals surface area contributed by atoms with E-state index in [0.717, 1.165) is 23.5 Å². The van der Waals surface area contributed by atoms with Gasteiger partial charge in [0.05, 0.1) is 60.2 Å². The van der Waals surface area contributed by atoms with Crippen LogP contribution >= 0.6 is 11.6 Å². The van der Waals surface area contributed by atoms with Crippen molar-refractivity contribution in [3.8, 4) is 22.8 Å². The molecule has 0 spiro atoms. The van der Waals surface area contributed by atoms with Crippen molar-refractivity contribution < 1.29 is 19.0 Å². The number of nitrogens with zero attached hydrogens (tertiary/aromatic N) is 1. The van der Waals surface area contributed by atoms with E-state index in [1.165, 1.54) is 0 Å². The van der Waals surface area contributed by atoms with Gasteiger partial charge in [-0.15, -0.1) is 0 Å². The number of H-pyrrole nitrogens is 1.